The van der Waals surface area contributed by atoms with Crippen molar-refractivity contribution in [1.82, 2.24) is 20.0 Å². The van der Waals surface area contributed by atoms with E-state index in [9.17, 15) is 9.59 Å². The molecule has 3 N–H and O–H groups in total. The van der Waals surface area contributed by atoms with Gasteiger partial charge >= 0.3 is 0 Å². The molecule has 0 aliphatic heterocycles. The van der Waals surface area contributed by atoms with Crippen molar-refractivity contribution in [1.29, 1.82) is 0 Å². The number of carbonyl (C=O) groups excluding carboxylic acids is 2. The number of aromatic nitrogens is 2. The van der Waals surface area contributed by atoms with Crippen molar-refractivity contribution in [2.45, 2.75) is 18.0 Å². The monoisotopic (exact) mass is 278 g/mol. The summed E-state index contributed by atoms with van der Waals surface area (Å²) in [7, 11) is 1.55. The number of rotatable bonds is 5. The van der Waals surface area contributed by atoms with Crippen LogP contribution in [0.1, 0.15) is 12.8 Å². The summed E-state index contributed by atoms with van der Waals surface area (Å²) in [6.45, 7) is 0. The zero-order chi connectivity index (χ0) is 13.7. The molecule has 2 amide bonds. The minimum absolute atomic E-state index is 0.149. The molecular formula is C12H14N4O2S. The maximum atomic E-state index is 11.5. The molecule has 6 nitrogen and oxygen atoms in total. The van der Waals surface area contributed by atoms with Gasteiger partial charge in [0.15, 0.2) is 5.16 Å². The van der Waals surface area contributed by atoms with Gasteiger partial charge in [0.25, 0.3) is 0 Å². The van der Waals surface area contributed by atoms with Crippen LogP contribution in [0.2, 0.25) is 0 Å². The van der Waals surface area contributed by atoms with Crippen molar-refractivity contribution < 1.29 is 9.59 Å². The van der Waals surface area contributed by atoms with Crippen molar-refractivity contribution in [2.24, 2.45) is 0 Å². The first-order valence-electron chi connectivity index (χ1n) is 5.80. The number of fused-ring (bicyclic) bond motifs is 1. The summed E-state index contributed by atoms with van der Waals surface area (Å²) in [5.41, 5.74) is 1.77. The third-order valence-electron chi connectivity index (χ3n) is 2.49. The summed E-state index contributed by atoms with van der Waals surface area (Å²) in [5.74, 6) is -0.349. The molecule has 100 valence electrons. The Labute approximate surface area is 114 Å². The predicted molar refractivity (Wildman–Crippen MR) is 73.4 cm³/mol. The molecule has 1 aromatic carbocycles. The number of aromatic amines is 1. The molecule has 19 heavy (non-hydrogen) atoms. The molecule has 1 heterocycles. The lowest BCUT2D eigenvalue weighted by Crippen LogP contribution is -2.22. The van der Waals surface area contributed by atoms with Gasteiger partial charge in [0.05, 0.1) is 11.0 Å². The maximum absolute atomic E-state index is 11.5. The molecule has 0 unspecified atom stereocenters. The number of amides is 2. The van der Waals surface area contributed by atoms with Crippen LogP contribution in [0.4, 0.5) is 0 Å². The molecule has 0 aliphatic rings. The van der Waals surface area contributed by atoms with E-state index in [1.165, 1.54) is 0 Å². The van der Waals surface area contributed by atoms with E-state index in [0.29, 0.717) is 5.16 Å². The Kier molecular flexibility index (Phi) is 4.40. The van der Waals surface area contributed by atoms with E-state index in [1.54, 1.807) is 7.05 Å². The number of nitrogens with zero attached hydrogens (tertiary/aromatic N) is 1. The van der Waals surface area contributed by atoms with E-state index < -0.39 is 0 Å². The lowest BCUT2D eigenvalue weighted by molar-refractivity contribution is -0.125. The molecule has 0 spiro atoms. The van der Waals surface area contributed by atoms with Crippen molar-refractivity contribution in [3.63, 3.8) is 0 Å². The minimum Gasteiger partial charge on any atom is -0.359 e. The van der Waals surface area contributed by atoms with Crippen LogP contribution in [-0.4, -0.2) is 28.8 Å². The fourth-order valence-electron chi connectivity index (χ4n) is 1.49. The number of benzene rings is 1. The molecule has 2 aromatic rings. The van der Waals surface area contributed by atoms with E-state index in [-0.39, 0.29) is 24.7 Å². The second-order valence-electron chi connectivity index (χ2n) is 3.86. The van der Waals surface area contributed by atoms with E-state index in [1.807, 2.05) is 24.3 Å². The Morgan fingerprint density at radius 2 is 2.00 bits per heavy atom. The van der Waals surface area contributed by atoms with E-state index in [0.717, 1.165) is 23.0 Å². The summed E-state index contributed by atoms with van der Waals surface area (Å²) in [5, 5.41) is 3.09. The standard InChI is InChI=1S/C12H14N4O2S/c1-13-10(17)6-7-11(18)16-19-12-14-8-4-2-3-5-9(8)15-12/h2-5H,6-7H2,1H3,(H,13,17)(H,14,15)(H,16,18). The first kappa shape index (κ1) is 13.4. The fourth-order valence-corrected chi connectivity index (χ4v) is 2.10. The second kappa shape index (κ2) is 6.24. The van der Waals surface area contributed by atoms with Crippen LogP contribution in [-0.2, 0) is 9.59 Å². The Hall–Kier alpha value is -2.02. The third-order valence-corrected chi connectivity index (χ3v) is 3.20. The number of nitrogens with one attached hydrogen (secondary N) is 3. The molecule has 0 aliphatic carbocycles. The Balaban J connectivity index is 1.84. The van der Waals surface area contributed by atoms with Crippen LogP contribution in [0.3, 0.4) is 0 Å². The van der Waals surface area contributed by atoms with Crippen molar-refractivity contribution in [3.8, 4) is 0 Å². The first-order valence-corrected chi connectivity index (χ1v) is 6.61. The van der Waals surface area contributed by atoms with Crippen LogP contribution in [0.15, 0.2) is 29.4 Å². The molecule has 0 fully saturated rings. The first-order chi connectivity index (χ1) is 9.19. The highest BCUT2D eigenvalue weighted by molar-refractivity contribution is 7.97. The van der Waals surface area contributed by atoms with Gasteiger partial charge in [-0.3, -0.25) is 14.3 Å². The van der Waals surface area contributed by atoms with Gasteiger partial charge in [-0.25, -0.2) is 4.98 Å². The Bertz CT molecular complexity index is 563. The SMILES string of the molecule is CNC(=O)CCC(=O)NSc1nc2ccccc2[nH]1. The minimum atomic E-state index is -0.200. The van der Waals surface area contributed by atoms with Gasteiger partial charge in [-0.15, -0.1) is 0 Å². The molecule has 0 saturated carbocycles. The van der Waals surface area contributed by atoms with Gasteiger partial charge in [0.1, 0.15) is 0 Å². The summed E-state index contributed by atoms with van der Waals surface area (Å²) in [6, 6.07) is 7.62. The van der Waals surface area contributed by atoms with Crippen LogP contribution >= 0.6 is 11.9 Å². The van der Waals surface area contributed by atoms with Crippen LogP contribution in [0.25, 0.3) is 11.0 Å². The quantitative estimate of drug-likeness (QED) is 0.718. The van der Waals surface area contributed by atoms with Gasteiger partial charge < -0.3 is 10.3 Å². The summed E-state index contributed by atoms with van der Waals surface area (Å²) < 4.78 is 2.64. The number of para-hydroxylation sites is 2. The molecule has 0 saturated heterocycles. The Morgan fingerprint density at radius 3 is 2.74 bits per heavy atom. The van der Waals surface area contributed by atoms with Crippen molar-refractivity contribution >= 4 is 34.8 Å². The smallest absolute Gasteiger partial charge is 0.230 e. The number of carbonyl (C=O) groups is 2. The maximum Gasteiger partial charge on any atom is 0.230 e. The topological polar surface area (TPSA) is 86.9 Å². The van der Waals surface area contributed by atoms with Gasteiger partial charge in [-0.05, 0) is 12.1 Å². The van der Waals surface area contributed by atoms with Crippen LogP contribution in [0, 0.1) is 0 Å². The highest BCUT2D eigenvalue weighted by Crippen LogP contribution is 2.16. The molecule has 0 atom stereocenters. The van der Waals surface area contributed by atoms with E-state index >= 15 is 0 Å². The number of imidazole rings is 1. The average Bonchev–Trinajstić information content (AvgIpc) is 2.85. The molecule has 0 radical (unpaired) electrons. The Morgan fingerprint density at radius 1 is 1.26 bits per heavy atom. The largest absolute Gasteiger partial charge is 0.359 e. The highest BCUT2D eigenvalue weighted by atomic mass is 32.2. The lowest BCUT2D eigenvalue weighted by atomic mass is 10.3. The van der Waals surface area contributed by atoms with Crippen LogP contribution in [0.5, 0.6) is 0 Å². The third kappa shape index (κ3) is 3.72. The molecule has 1 aromatic heterocycles. The fraction of sp³-hybridized carbons (Fsp3) is 0.250. The molecule has 7 heteroatoms. The van der Waals surface area contributed by atoms with Gasteiger partial charge in [0, 0.05) is 31.8 Å². The van der Waals surface area contributed by atoms with Gasteiger partial charge in [0.2, 0.25) is 11.8 Å². The van der Waals surface area contributed by atoms with E-state index in [2.05, 4.69) is 20.0 Å². The van der Waals surface area contributed by atoms with Crippen molar-refractivity contribution in [2.75, 3.05) is 7.05 Å². The van der Waals surface area contributed by atoms with E-state index in [4.69, 9.17) is 0 Å². The lowest BCUT2D eigenvalue weighted by Gasteiger charge is -2.01. The number of hydrogen-bond acceptors (Lipinski definition) is 4. The molecular weight excluding hydrogens is 264 g/mol. The summed E-state index contributed by atoms with van der Waals surface area (Å²) in [6.07, 6.45) is 0.343. The second-order valence-corrected chi connectivity index (χ2v) is 4.65. The normalized spacial score (nSPS) is 10.4. The zero-order valence-corrected chi connectivity index (χ0v) is 11.2. The van der Waals surface area contributed by atoms with Gasteiger partial charge in [-0.2, -0.15) is 0 Å². The highest BCUT2D eigenvalue weighted by Gasteiger charge is 2.07. The van der Waals surface area contributed by atoms with Crippen molar-refractivity contribution in [3.05, 3.63) is 24.3 Å². The average molecular weight is 278 g/mol. The molecule has 0 bridgehead atoms. The van der Waals surface area contributed by atoms with Crippen LogP contribution < -0.4 is 10.0 Å². The number of H-pyrrole nitrogens is 1. The number of hydrogen-bond donors (Lipinski definition) is 3. The van der Waals surface area contributed by atoms with Gasteiger partial charge in [-0.1, -0.05) is 12.1 Å². The zero-order valence-electron chi connectivity index (χ0n) is 10.4. The molecule has 2 rings (SSSR count). The predicted octanol–water partition coefficient (Wildman–Crippen LogP) is 1.21. The summed E-state index contributed by atoms with van der Waals surface area (Å²) >= 11 is 1.12. The summed E-state index contributed by atoms with van der Waals surface area (Å²) in [4.78, 5) is 29.9.